The van der Waals surface area contributed by atoms with Crippen molar-refractivity contribution in [1.82, 2.24) is 0 Å². The predicted octanol–water partition coefficient (Wildman–Crippen LogP) is 2.81. The smallest absolute Gasteiger partial charge is 0.127 e. The second kappa shape index (κ2) is 3.88. The zero-order valence-electron chi connectivity index (χ0n) is 8.21. The first-order valence-corrected chi connectivity index (χ1v) is 4.77. The number of aldehydes is 1. The molecule has 0 heterocycles. The first-order valence-electron chi connectivity index (χ1n) is 4.77. The average molecular weight is 166 g/mol. The van der Waals surface area contributed by atoms with E-state index in [4.69, 9.17) is 0 Å². The molecule has 0 aliphatic heterocycles. The highest BCUT2D eigenvalue weighted by Gasteiger charge is 2.25. The summed E-state index contributed by atoms with van der Waals surface area (Å²) in [5, 5.41) is 0. The van der Waals surface area contributed by atoms with Crippen molar-refractivity contribution < 1.29 is 4.79 Å². The Balaban J connectivity index is 2.72. The number of carbonyl (C=O) groups is 1. The van der Waals surface area contributed by atoms with Gasteiger partial charge in [0.25, 0.3) is 0 Å². The van der Waals surface area contributed by atoms with Crippen LogP contribution in [0, 0.1) is 17.8 Å². The summed E-state index contributed by atoms with van der Waals surface area (Å²) in [7, 11) is 0. The van der Waals surface area contributed by atoms with Crippen molar-refractivity contribution in [3.05, 3.63) is 11.6 Å². The third kappa shape index (κ3) is 1.96. The number of hydrogen-bond acceptors (Lipinski definition) is 1. The van der Waals surface area contributed by atoms with Gasteiger partial charge in [0.1, 0.15) is 6.29 Å². The van der Waals surface area contributed by atoms with E-state index in [9.17, 15) is 4.79 Å². The van der Waals surface area contributed by atoms with Gasteiger partial charge in [-0.25, -0.2) is 0 Å². The van der Waals surface area contributed by atoms with Crippen molar-refractivity contribution in [3.63, 3.8) is 0 Å². The topological polar surface area (TPSA) is 17.1 Å². The molecular formula is C11H18O. The average Bonchev–Trinajstić information content (AvgIpc) is 2.03. The molecule has 0 fully saturated rings. The Morgan fingerprint density at radius 1 is 1.58 bits per heavy atom. The molecule has 1 aliphatic carbocycles. The maximum atomic E-state index is 10.8. The molecule has 0 unspecified atom stereocenters. The van der Waals surface area contributed by atoms with Crippen molar-refractivity contribution in [2.75, 3.05) is 0 Å². The van der Waals surface area contributed by atoms with E-state index in [2.05, 4.69) is 26.8 Å². The van der Waals surface area contributed by atoms with Crippen LogP contribution in [-0.4, -0.2) is 6.29 Å². The van der Waals surface area contributed by atoms with Gasteiger partial charge in [-0.15, -0.1) is 0 Å². The molecule has 12 heavy (non-hydrogen) atoms. The van der Waals surface area contributed by atoms with Crippen LogP contribution in [0.3, 0.4) is 0 Å². The lowest BCUT2D eigenvalue weighted by Crippen LogP contribution is -2.23. The molecule has 1 rings (SSSR count). The summed E-state index contributed by atoms with van der Waals surface area (Å²) in [4.78, 5) is 10.8. The van der Waals surface area contributed by atoms with Crippen LogP contribution in [0.4, 0.5) is 0 Å². The molecule has 0 aromatic carbocycles. The van der Waals surface area contributed by atoms with Crippen molar-refractivity contribution in [1.29, 1.82) is 0 Å². The predicted molar refractivity (Wildman–Crippen MR) is 50.9 cm³/mol. The second-order valence-corrected chi connectivity index (χ2v) is 4.17. The molecule has 1 nitrogen and oxygen atoms in total. The molecule has 0 N–H and O–H groups in total. The molecule has 0 saturated carbocycles. The van der Waals surface area contributed by atoms with Gasteiger partial charge in [-0.3, -0.25) is 0 Å². The molecular weight excluding hydrogens is 148 g/mol. The van der Waals surface area contributed by atoms with E-state index in [1.54, 1.807) is 0 Å². The highest BCUT2D eigenvalue weighted by atomic mass is 16.1. The Bertz CT molecular complexity index is 191. The van der Waals surface area contributed by atoms with Gasteiger partial charge in [0.2, 0.25) is 0 Å². The van der Waals surface area contributed by atoms with E-state index < -0.39 is 0 Å². The highest BCUT2D eigenvalue weighted by molar-refractivity contribution is 5.58. The number of allylic oxidation sites excluding steroid dienone is 2. The number of hydrogen-bond donors (Lipinski definition) is 0. The highest BCUT2D eigenvalue weighted by Crippen LogP contribution is 2.32. The van der Waals surface area contributed by atoms with E-state index in [1.807, 2.05) is 0 Å². The van der Waals surface area contributed by atoms with Crippen LogP contribution in [-0.2, 0) is 4.79 Å². The Labute approximate surface area is 74.9 Å². The van der Waals surface area contributed by atoms with Gasteiger partial charge < -0.3 is 4.79 Å². The van der Waals surface area contributed by atoms with E-state index in [-0.39, 0.29) is 5.92 Å². The molecule has 68 valence electrons. The summed E-state index contributed by atoms with van der Waals surface area (Å²) in [5.74, 6) is 1.38. The Morgan fingerprint density at radius 3 is 2.75 bits per heavy atom. The molecule has 2 atom stereocenters. The lowest BCUT2D eigenvalue weighted by Gasteiger charge is -2.28. The lowest BCUT2D eigenvalue weighted by atomic mass is 9.76. The Kier molecular flexibility index (Phi) is 3.07. The van der Waals surface area contributed by atoms with Gasteiger partial charge in [-0.05, 0) is 31.6 Å². The van der Waals surface area contributed by atoms with E-state index in [1.165, 1.54) is 18.4 Å². The molecule has 0 saturated heterocycles. The van der Waals surface area contributed by atoms with E-state index in [0.717, 1.165) is 6.29 Å². The molecule has 0 amide bonds. The summed E-state index contributed by atoms with van der Waals surface area (Å²) in [6, 6.07) is 0. The number of carbonyl (C=O) groups excluding carboxylic acids is 1. The third-order valence-corrected chi connectivity index (χ3v) is 2.86. The minimum Gasteiger partial charge on any atom is -0.303 e. The fraction of sp³-hybridized carbons (Fsp3) is 0.727. The molecule has 1 heteroatoms. The fourth-order valence-corrected chi connectivity index (χ4v) is 2.04. The van der Waals surface area contributed by atoms with Crippen molar-refractivity contribution in [2.24, 2.45) is 17.8 Å². The monoisotopic (exact) mass is 166 g/mol. The van der Waals surface area contributed by atoms with Gasteiger partial charge in [0.15, 0.2) is 0 Å². The van der Waals surface area contributed by atoms with E-state index >= 15 is 0 Å². The minimum atomic E-state index is 0.179. The molecule has 1 aliphatic rings. The van der Waals surface area contributed by atoms with Crippen LogP contribution in [0.2, 0.25) is 0 Å². The van der Waals surface area contributed by atoms with Gasteiger partial charge in [0.05, 0.1) is 0 Å². The molecule has 0 bridgehead atoms. The fourth-order valence-electron chi connectivity index (χ4n) is 2.04. The van der Waals surface area contributed by atoms with Crippen LogP contribution < -0.4 is 0 Å². The maximum absolute atomic E-state index is 10.8. The molecule has 0 spiro atoms. The summed E-state index contributed by atoms with van der Waals surface area (Å²) >= 11 is 0. The third-order valence-electron chi connectivity index (χ3n) is 2.86. The van der Waals surface area contributed by atoms with Gasteiger partial charge in [-0.2, -0.15) is 0 Å². The van der Waals surface area contributed by atoms with Crippen LogP contribution in [0.5, 0.6) is 0 Å². The van der Waals surface area contributed by atoms with Crippen LogP contribution in [0.15, 0.2) is 11.6 Å². The summed E-state index contributed by atoms with van der Waals surface area (Å²) < 4.78 is 0. The Morgan fingerprint density at radius 2 is 2.25 bits per heavy atom. The summed E-state index contributed by atoms with van der Waals surface area (Å²) in [5.41, 5.74) is 1.38. The van der Waals surface area contributed by atoms with Crippen molar-refractivity contribution >= 4 is 6.29 Å². The molecule has 0 aromatic rings. The molecule has 0 aromatic heterocycles. The largest absolute Gasteiger partial charge is 0.303 e. The summed E-state index contributed by atoms with van der Waals surface area (Å²) in [6.45, 7) is 6.53. The first kappa shape index (κ1) is 9.50. The second-order valence-electron chi connectivity index (χ2n) is 4.17. The van der Waals surface area contributed by atoms with E-state index in [0.29, 0.717) is 11.8 Å². The van der Waals surface area contributed by atoms with Crippen LogP contribution in [0.25, 0.3) is 0 Å². The molecule has 0 radical (unpaired) electrons. The lowest BCUT2D eigenvalue weighted by molar-refractivity contribution is -0.111. The zero-order valence-corrected chi connectivity index (χ0v) is 8.21. The zero-order chi connectivity index (χ0) is 9.14. The first-order chi connectivity index (χ1) is 5.65. The van der Waals surface area contributed by atoms with Gasteiger partial charge in [-0.1, -0.05) is 25.5 Å². The van der Waals surface area contributed by atoms with Crippen LogP contribution in [0.1, 0.15) is 33.6 Å². The normalized spacial score (nSPS) is 30.2. The van der Waals surface area contributed by atoms with Crippen molar-refractivity contribution in [3.8, 4) is 0 Å². The summed E-state index contributed by atoms with van der Waals surface area (Å²) in [6.07, 6.45) is 5.60. The van der Waals surface area contributed by atoms with Gasteiger partial charge >= 0.3 is 0 Å². The number of rotatable bonds is 2. The SMILES string of the molecule is CC1=C[C@H](C=O)[C@@H](C(C)C)CC1. The quantitative estimate of drug-likeness (QED) is 0.455. The maximum Gasteiger partial charge on any atom is 0.127 e. The standard InChI is InChI=1S/C11H18O/c1-8(2)11-5-4-9(3)6-10(11)7-12/h6-8,10-11H,4-5H2,1-3H3/t10-,11-/m1/s1. The van der Waals surface area contributed by atoms with Gasteiger partial charge in [0, 0.05) is 5.92 Å². The van der Waals surface area contributed by atoms with Crippen molar-refractivity contribution in [2.45, 2.75) is 33.6 Å². The van der Waals surface area contributed by atoms with Crippen LogP contribution >= 0.6 is 0 Å². The minimum absolute atomic E-state index is 0.179. The Hall–Kier alpha value is -0.590.